The molecule has 1 N–H and O–H groups in total. The van der Waals surface area contributed by atoms with Crippen molar-refractivity contribution < 1.29 is 5.11 Å². The van der Waals surface area contributed by atoms with Crippen LogP contribution in [0.4, 0.5) is 0 Å². The molecule has 1 aromatic carbocycles. The Labute approximate surface area is 147 Å². The molecular formula is C19H23N3OS. The minimum atomic E-state index is -0.475. The van der Waals surface area contributed by atoms with Crippen molar-refractivity contribution in [2.24, 2.45) is 7.05 Å². The smallest absolute Gasteiger partial charge is 0.0925 e. The van der Waals surface area contributed by atoms with Crippen molar-refractivity contribution >= 4 is 11.3 Å². The average molecular weight is 341 g/mol. The van der Waals surface area contributed by atoms with E-state index in [9.17, 15) is 5.11 Å². The lowest BCUT2D eigenvalue weighted by atomic mass is 10.1. The Bertz CT molecular complexity index is 752. The molecule has 2 aromatic heterocycles. The van der Waals surface area contributed by atoms with E-state index in [-0.39, 0.29) is 0 Å². The molecule has 0 spiro atoms. The zero-order chi connectivity index (χ0) is 16.9. The van der Waals surface area contributed by atoms with Crippen LogP contribution in [0.15, 0.2) is 53.4 Å². The number of aryl methyl sites for hydroxylation is 2. The minimum Gasteiger partial charge on any atom is -0.387 e. The number of hydrogen-bond acceptors (Lipinski definition) is 4. The average Bonchev–Trinajstić information content (AvgIpc) is 3.19. The van der Waals surface area contributed by atoms with E-state index in [1.165, 1.54) is 11.1 Å². The molecule has 3 rings (SSSR count). The predicted molar refractivity (Wildman–Crippen MR) is 97.8 cm³/mol. The third-order valence-corrected chi connectivity index (χ3v) is 4.82. The van der Waals surface area contributed by atoms with Crippen LogP contribution in [0.5, 0.6) is 0 Å². The molecule has 0 aliphatic rings. The van der Waals surface area contributed by atoms with Crippen LogP contribution in [0.2, 0.25) is 0 Å². The molecular weight excluding hydrogens is 318 g/mol. The fraction of sp³-hybridized carbons (Fsp3) is 0.316. The van der Waals surface area contributed by atoms with E-state index in [2.05, 4.69) is 40.5 Å². The van der Waals surface area contributed by atoms with Gasteiger partial charge in [-0.15, -0.1) is 0 Å². The Kier molecular flexibility index (Phi) is 5.45. The van der Waals surface area contributed by atoms with E-state index in [4.69, 9.17) is 0 Å². The molecule has 24 heavy (non-hydrogen) atoms. The number of aliphatic hydroxyl groups excluding tert-OH is 1. The van der Waals surface area contributed by atoms with Crippen LogP contribution in [-0.4, -0.2) is 26.3 Å². The molecule has 0 bridgehead atoms. The molecule has 0 aliphatic heterocycles. The summed E-state index contributed by atoms with van der Waals surface area (Å²) in [6.45, 7) is 4.21. The molecule has 3 aromatic rings. The van der Waals surface area contributed by atoms with Crippen molar-refractivity contribution in [2.45, 2.75) is 26.1 Å². The van der Waals surface area contributed by atoms with Gasteiger partial charge in [-0.25, -0.2) is 0 Å². The molecule has 4 nitrogen and oxygen atoms in total. The number of aromatic nitrogens is 2. The van der Waals surface area contributed by atoms with Gasteiger partial charge in [0.2, 0.25) is 0 Å². The molecule has 1 atom stereocenters. The monoisotopic (exact) mass is 341 g/mol. The summed E-state index contributed by atoms with van der Waals surface area (Å²) in [4.78, 5) is 2.28. The van der Waals surface area contributed by atoms with Crippen molar-refractivity contribution in [1.82, 2.24) is 14.7 Å². The van der Waals surface area contributed by atoms with E-state index in [1.807, 2.05) is 41.5 Å². The van der Waals surface area contributed by atoms with Gasteiger partial charge in [-0.3, -0.25) is 9.58 Å². The Morgan fingerprint density at radius 3 is 2.62 bits per heavy atom. The number of hydrogen-bond donors (Lipinski definition) is 1. The third-order valence-electron chi connectivity index (χ3n) is 4.12. The summed E-state index contributed by atoms with van der Waals surface area (Å²) in [7, 11) is 1.94. The van der Waals surface area contributed by atoms with Gasteiger partial charge in [-0.2, -0.15) is 16.4 Å². The molecule has 126 valence electrons. The topological polar surface area (TPSA) is 41.3 Å². The highest BCUT2D eigenvalue weighted by atomic mass is 32.1. The minimum absolute atomic E-state index is 0.475. The quantitative estimate of drug-likeness (QED) is 0.715. The SMILES string of the molecule is Cc1nn(C)cc1CN(Cc1ccccc1)CC(O)c1ccsc1. The van der Waals surface area contributed by atoms with Crippen LogP contribution in [-0.2, 0) is 20.1 Å². The number of aliphatic hydroxyl groups is 1. The van der Waals surface area contributed by atoms with Gasteiger partial charge in [0, 0.05) is 38.4 Å². The molecule has 2 heterocycles. The van der Waals surface area contributed by atoms with Crippen molar-refractivity contribution in [3.63, 3.8) is 0 Å². The van der Waals surface area contributed by atoms with E-state index >= 15 is 0 Å². The van der Waals surface area contributed by atoms with E-state index in [1.54, 1.807) is 11.3 Å². The number of nitrogens with zero attached hydrogens (tertiary/aromatic N) is 3. The Balaban J connectivity index is 1.76. The van der Waals surface area contributed by atoms with Crippen molar-refractivity contribution in [3.8, 4) is 0 Å². The normalized spacial score (nSPS) is 12.7. The second-order valence-electron chi connectivity index (χ2n) is 6.14. The molecule has 0 aliphatic carbocycles. The molecule has 0 radical (unpaired) electrons. The molecule has 0 saturated carbocycles. The Morgan fingerprint density at radius 1 is 1.21 bits per heavy atom. The first-order valence-electron chi connectivity index (χ1n) is 8.07. The zero-order valence-corrected chi connectivity index (χ0v) is 14.9. The summed E-state index contributed by atoms with van der Waals surface area (Å²) < 4.78 is 1.85. The van der Waals surface area contributed by atoms with Crippen LogP contribution in [0.1, 0.15) is 28.5 Å². The van der Waals surface area contributed by atoms with Crippen molar-refractivity contribution in [2.75, 3.05) is 6.54 Å². The van der Waals surface area contributed by atoms with E-state index in [0.29, 0.717) is 6.54 Å². The van der Waals surface area contributed by atoms with Gasteiger partial charge in [0.25, 0.3) is 0 Å². The summed E-state index contributed by atoms with van der Waals surface area (Å²) in [5.41, 5.74) is 4.48. The molecule has 0 amide bonds. The van der Waals surface area contributed by atoms with Gasteiger partial charge in [0.05, 0.1) is 11.8 Å². The van der Waals surface area contributed by atoms with Crippen LogP contribution in [0.3, 0.4) is 0 Å². The lowest BCUT2D eigenvalue weighted by Gasteiger charge is -2.25. The summed E-state index contributed by atoms with van der Waals surface area (Å²) in [5.74, 6) is 0. The van der Waals surface area contributed by atoms with Crippen LogP contribution in [0, 0.1) is 6.92 Å². The third kappa shape index (κ3) is 4.32. The highest BCUT2D eigenvalue weighted by Gasteiger charge is 2.16. The summed E-state index contributed by atoms with van der Waals surface area (Å²) >= 11 is 1.62. The van der Waals surface area contributed by atoms with Crippen LogP contribution in [0.25, 0.3) is 0 Å². The summed E-state index contributed by atoms with van der Waals surface area (Å²) in [6, 6.07) is 12.4. The first-order valence-corrected chi connectivity index (χ1v) is 9.01. The highest BCUT2D eigenvalue weighted by molar-refractivity contribution is 7.07. The van der Waals surface area contributed by atoms with Crippen LogP contribution < -0.4 is 0 Å². The summed E-state index contributed by atoms with van der Waals surface area (Å²) in [6.07, 6.45) is 1.58. The van der Waals surface area contributed by atoms with Gasteiger partial charge >= 0.3 is 0 Å². The van der Waals surface area contributed by atoms with Gasteiger partial charge in [-0.05, 0) is 34.9 Å². The lowest BCUT2D eigenvalue weighted by Crippen LogP contribution is -2.28. The maximum atomic E-state index is 10.6. The van der Waals surface area contributed by atoms with Gasteiger partial charge in [-0.1, -0.05) is 30.3 Å². The second-order valence-corrected chi connectivity index (χ2v) is 6.92. The van der Waals surface area contributed by atoms with E-state index < -0.39 is 6.10 Å². The fourth-order valence-corrected chi connectivity index (χ4v) is 3.59. The van der Waals surface area contributed by atoms with Crippen molar-refractivity contribution in [1.29, 1.82) is 0 Å². The highest BCUT2D eigenvalue weighted by Crippen LogP contribution is 2.20. The first kappa shape index (κ1) is 16.9. The molecule has 5 heteroatoms. The van der Waals surface area contributed by atoms with Gasteiger partial charge in [0.15, 0.2) is 0 Å². The fourth-order valence-electron chi connectivity index (χ4n) is 2.89. The maximum Gasteiger partial charge on any atom is 0.0925 e. The van der Waals surface area contributed by atoms with Crippen LogP contribution >= 0.6 is 11.3 Å². The summed E-state index contributed by atoms with van der Waals surface area (Å²) in [5, 5.41) is 19.0. The molecule has 0 saturated heterocycles. The van der Waals surface area contributed by atoms with Gasteiger partial charge < -0.3 is 5.11 Å². The van der Waals surface area contributed by atoms with Crippen molar-refractivity contribution in [3.05, 3.63) is 75.7 Å². The molecule has 1 unspecified atom stereocenters. The first-order chi connectivity index (χ1) is 11.6. The van der Waals surface area contributed by atoms with Gasteiger partial charge in [0.1, 0.15) is 0 Å². The Morgan fingerprint density at radius 2 is 2.00 bits per heavy atom. The Hall–Kier alpha value is -1.95. The molecule has 0 fully saturated rings. The standard InChI is InChI=1S/C19H23N3OS/c1-15-18(11-21(2)20-15)12-22(10-16-6-4-3-5-7-16)13-19(23)17-8-9-24-14-17/h3-9,11,14,19,23H,10,12-13H2,1-2H3. The lowest BCUT2D eigenvalue weighted by molar-refractivity contribution is 0.105. The van der Waals surface area contributed by atoms with E-state index in [0.717, 1.165) is 24.3 Å². The predicted octanol–water partition coefficient (Wildman–Crippen LogP) is 3.53. The second kappa shape index (κ2) is 7.75. The number of thiophene rings is 1. The number of benzene rings is 1. The largest absolute Gasteiger partial charge is 0.387 e. The zero-order valence-electron chi connectivity index (χ0n) is 14.1. The number of rotatable bonds is 7. The maximum absolute atomic E-state index is 10.6.